The minimum atomic E-state index is -1.57. The van der Waals surface area contributed by atoms with Gasteiger partial charge in [-0.1, -0.05) is 34.1 Å². The molecule has 2 atom stereocenters. The van der Waals surface area contributed by atoms with Gasteiger partial charge in [0, 0.05) is 16.5 Å². The second-order valence-corrected chi connectivity index (χ2v) is 8.65. The lowest BCUT2D eigenvalue weighted by Gasteiger charge is -2.28. The molecule has 0 radical (unpaired) electrons. The van der Waals surface area contributed by atoms with Crippen LogP contribution in [0.4, 0.5) is 8.78 Å². The Bertz CT molecular complexity index is 719. The van der Waals surface area contributed by atoms with Crippen LogP contribution >= 0.6 is 15.9 Å². The zero-order chi connectivity index (χ0) is 17.2. The second kappa shape index (κ2) is 7.20. The van der Waals surface area contributed by atoms with E-state index >= 15 is 0 Å². The fourth-order valence-corrected chi connectivity index (χ4v) is 3.06. The molecule has 0 aliphatic heterocycles. The van der Waals surface area contributed by atoms with Gasteiger partial charge in [-0.05, 0) is 49.6 Å². The van der Waals surface area contributed by atoms with E-state index in [4.69, 9.17) is 5.14 Å². The van der Waals surface area contributed by atoms with E-state index in [1.807, 2.05) is 24.3 Å². The maximum atomic E-state index is 14.3. The first kappa shape index (κ1) is 18.2. The molecule has 2 aromatic rings. The Hall–Kier alpha value is -1.11. The van der Waals surface area contributed by atoms with Crippen LogP contribution < -0.4 is 5.14 Å². The summed E-state index contributed by atoms with van der Waals surface area (Å²) in [7, 11) is -1.57. The smallest absolute Gasteiger partial charge is 0.129 e. The average molecular weight is 402 g/mol. The van der Waals surface area contributed by atoms with Crippen LogP contribution in [0.25, 0.3) is 0 Å². The van der Waals surface area contributed by atoms with Gasteiger partial charge in [-0.2, -0.15) is 0 Å². The van der Waals surface area contributed by atoms with Crippen molar-refractivity contribution >= 4 is 26.9 Å². The van der Waals surface area contributed by atoms with Crippen molar-refractivity contribution in [2.45, 2.75) is 30.9 Å². The van der Waals surface area contributed by atoms with Crippen LogP contribution in [-0.2, 0) is 11.0 Å². The van der Waals surface area contributed by atoms with E-state index < -0.39 is 27.4 Å². The van der Waals surface area contributed by atoms with Crippen LogP contribution in [0.1, 0.15) is 37.3 Å². The van der Waals surface area contributed by atoms with Crippen LogP contribution in [0.5, 0.6) is 0 Å². The fourth-order valence-electron chi connectivity index (χ4n) is 2.46. The molecule has 2 nitrogen and oxygen atoms in total. The molecule has 0 aliphatic rings. The minimum absolute atomic E-state index is 0.368. The maximum absolute atomic E-state index is 14.3. The summed E-state index contributed by atoms with van der Waals surface area (Å²) in [5.41, 5.74) is 1.23. The standard InChI is InChI=1S/C17H18BrF2NOS/c1-17(2,23(21)22)10-15(11-3-5-12(18)6-4-11)14-8-7-13(19)9-16(14)20/h3-9,15H,10,21H2,1-2H3/t15-,23?/m0/s1. The van der Waals surface area contributed by atoms with Gasteiger partial charge in [0.2, 0.25) is 0 Å². The molecule has 124 valence electrons. The van der Waals surface area contributed by atoms with E-state index in [2.05, 4.69) is 15.9 Å². The average Bonchev–Trinajstić information content (AvgIpc) is 2.46. The van der Waals surface area contributed by atoms with E-state index in [1.54, 1.807) is 13.8 Å². The summed E-state index contributed by atoms with van der Waals surface area (Å²) in [5, 5.41) is 5.57. The Morgan fingerprint density at radius 2 is 1.78 bits per heavy atom. The first-order valence-corrected chi connectivity index (χ1v) is 9.08. The minimum Gasteiger partial charge on any atom is -0.251 e. The van der Waals surface area contributed by atoms with Gasteiger partial charge in [-0.25, -0.2) is 13.0 Å². The molecular weight excluding hydrogens is 384 g/mol. The SMILES string of the molecule is CC(C)(C[C@@H](c1ccc(Br)cc1)c1ccc(F)cc1F)S(N)=O. The Balaban J connectivity index is 2.50. The van der Waals surface area contributed by atoms with Gasteiger partial charge in [-0.3, -0.25) is 5.14 Å². The maximum Gasteiger partial charge on any atom is 0.129 e. The summed E-state index contributed by atoms with van der Waals surface area (Å²) in [4.78, 5) is 0. The number of nitrogens with two attached hydrogens (primary N) is 1. The van der Waals surface area contributed by atoms with Crippen molar-refractivity contribution in [2.75, 3.05) is 0 Å². The molecule has 0 saturated heterocycles. The largest absolute Gasteiger partial charge is 0.251 e. The number of hydrogen-bond acceptors (Lipinski definition) is 1. The molecule has 2 N–H and O–H groups in total. The number of rotatable bonds is 5. The normalized spacial score (nSPS) is 14.5. The molecule has 6 heteroatoms. The number of halogens is 3. The molecule has 0 amide bonds. The van der Waals surface area contributed by atoms with Crippen molar-refractivity contribution in [2.24, 2.45) is 5.14 Å². The van der Waals surface area contributed by atoms with Crippen LogP contribution in [0.2, 0.25) is 0 Å². The van der Waals surface area contributed by atoms with Gasteiger partial charge < -0.3 is 0 Å². The van der Waals surface area contributed by atoms with Gasteiger partial charge in [0.25, 0.3) is 0 Å². The van der Waals surface area contributed by atoms with Crippen molar-refractivity contribution in [3.8, 4) is 0 Å². The topological polar surface area (TPSA) is 43.1 Å². The molecule has 2 rings (SSSR count). The summed E-state index contributed by atoms with van der Waals surface area (Å²) >= 11 is 3.37. The third-order valence-electron chi connectivity index (χ3n) is 3.85. The lowest BCUT2D eigenvalue weighted by atomic mass is 9.84. The Labute approximate surface area is 145 Å². The monoisotopic (exact) mass is 401 g/mol. The van der Waals surface area contributed by atoms with E-state index in [1.165, 1.54) is 12.1 Å². The van der Waals surface area contributed by atoms with E-state index in [0.29, 0.717) is 12.0 Å². The second-order valence-electron chi connectivity index (χ2n) is 6.03. The molecule has 0 aromatic heterocycles. The molecule has 2 aromatic carbocycles. The summed E-state index contributed by atoms with van der Waals surface area (Å²) in [6.45, 7) is 3.55. The zero-order valence-corrected chi connectivity index (χ0v) is 15.3. The van der Waals surface area contributed by atoms with E-state index in [-0.39, 0.29) is 5.92 Å². The van der Waals surface area contributed by atoms with Gasteiger partial charge in [0.15, 0.2) is 0 Å². The Morgan fingerprint density at radius 3 is 2.30 bits per heavy atom. The van der Waals surface area contributed by atoms with Gasteiger partial charge >= 0.3 is 0 Å². The van der Waals surface area contributed by atoms with Crippen molar-refractivity contribution in [1.29, 1.82) is 0 Å². The van der Waals surface area contributed by atoms with Crippen molar-refractivity contribution in [3.05, 3.63) is 69.7 Å². The van der Waals surface area contributed by atoms with Crippen LogP contribution in [0.15, 0.2) is 46.9 Å². The zero-order valence-electron chi connectivity index (χ0n) is 12.9. The highest BCUT2D eigenvalue weighted by molar-refractivity contribution is 9.10. The van der Waals surface area contributed by atoms with Gasteiger partial charge in [0.1, 0.15) is 11.6 Å². The van der Waals surface area contributed by atoms with Crippen LogP contribution in [0.3, 0.4) is 0 Å². The summed E-state index contributed by atoms with van der Waals surface area (Å²) in [6.07, 6.45) is 0.375. The van der Waals surface area contributed by atoms with Crippen molar-refractivity contribution in [3.63, 3.8) is 0 Å². The fraction of sp³-hybridized carbons (Fsp3) is 0.294. The molecule has 1 unspecified atom stereocenters. The molecule has 0 fully saturated rings. The highest BCUT2D eigenvalue weighted by Crippen LogP contribution is 2.36. The summed E-state index contributed by atoms with van der Waals surface area (Å²) < 4.78 is 39.5. The molecule has 0 bridgehead atoms. The summed E-state index contributed by atoms with van der Waals surface area (Å²) in [5.74, 6) is -1.61. The number of hydrogen-bond donors (Lipinski definition) is 1. The van der Waals surface area contributed by atoms with Gasteiger partial charge in [0.05, 0.1) is 15.7 Å². The Kier molecular flexibility index (Phi) is 5.70. The lowest BCUT2D eigenvalue weighted by molar-refractivity contribution is 0.523. The molecular formula is C17H18BrF2NOS. The highest BCUT2D eigenvalue weighted by Gasteiger charge is 2.31. The summed E-state index contributed by atoms with van der Waals surface area (Å²) in [6, 6.07) is 11.0. The number of benzene rings is 2. The lowest BCUT2D eigenvalue weighted by Crippen LogP contribution is -2.34. The molecule has 0 heterocycles. The van der Waals surface area contributed by atoms with Crippen molar-refractivity contribution < 1.29 is 13.0 Å². The van der Waals surface area contributed by atoms with Gasteiger partial charge in [-0.15, -0.1) is 0 Å². The van der Waals surface area contributed by atoms with Crippen LogP contribution in [0, 0.1) is 11.6 Å². The predicted molar refractivity (Wildman–Crippen MR) is 93.4 cm³/mol. The molecule has 23 heavy (non-hydrogen) atoms. The predicted octanol–water partition coefficient (Wildman–Crippen LogP) is 4.65. The third-order valence-corrected chi connectivity index (χ3v) is 5.64. The van der Waals surface area contributed by atoms with E-state index in [0.717, 1.165) is 16.1 Å². The first-order chi connectivity index (χ1) is 10.7. The quantitative estimate of drug-likeness (QED) is 0.778. The van der Waals surface area contributed by atoms with E-state index in [9.17, 15) is 13.0 Å². The molecule has 0 spiro atoms. The molecule has 0 saturated carbocycles. The first-order valence-electron chi connectivity index (χ1n) is 7.07. The molecule has 0 aliphatic carbocycles. The Morgan fingerprint density at radius 1 is 1.17 bits per heavy atom. The van der Waals surface area contributed by atoms with Crippen LogP contribution in [-0.4, -0.2) is 8.96 Å². The third kappa shape index (κ3) is 4.46. The van der Waals surface area contributed by atoms with Crippen molar-refractivity contribution in [1.82, 2.24) is 0 Å². The highest BCUT2D eigenvalue weighted by atomic mass is 79.9.